The van der Waals surface area contributed by atoms with E-state index in [-0.39, 0.29) is 24.5 Å². The lowest BCUT2D eigenvalue weighted by Crippen LogP contribution is -2.37. The quantitative estimate of drug-likeness (QED) is 0.616. The molecule has 130 valence electrons. The maximum absolute atomic E-state index is 12.2. The number of non-ortho nitro benzene ring substituents is 1. The number of benzene rings is 1. The molecule has 10 heteroatoms. The first kappa shape index (κ1) is 17.7. The third-order valence-electron chi connectivity index (χ3n) is 3.36. The first-order chi connectivity index (χ1) is 11.2. The van der Waals surface area contributed by atoms with Gasteiger partial charge in [-0.25, -0.2) is 4.79 Å². The Morgan fingerprint density at radius 2 is 2.08 bits per heavy atom. The van der Waals surface area contributed by atoms with Crippen LogP contribution < -0.4 is 4.74 Å². The van der Waals surface area contributed by atoms with Crippen molar-refractivity contribution in [1.29, 1.82) is 0 Å². The summed E-state index contributed by atoms with van der Waals surface area (Å²) in [5.41, 5.74) is 1.21. The number of hydrogen-bond donors (Lipinski definition) is 0. The van der Waals surface area contributed by atoms with Gasteiger partial charge < -0.3 is 9.57 Å². The lowest BCUT2D eigenvalue weighted by molar-refractivity contribution is -0.384. The van der Waals surface area contributed by atoms with E-state index >= 15 is 0 Å². The van der Waals surface area contributed by atoms with Crippen LogP contribution in [0.15, 0.2) is 24.3 Å². The van der Waals surface area contributed by atoms with Gasteiger partial charge in [0.2, 0.25) is 0 Å². The molecule has 1 aliphatic heterocycles. The molecule has 1 aliphatic rings. The molecule has 1 aromatic carbocycles. The first-order valence-corrected chi connectivity index (χ1v) is 6.78. The van der Waals surface area contributed by atoms with Crippen LogP contribution in [0, 0.1) is 10.1 Å². The number of halogens is 3. The molecule has 1 heterocycles. The molecule has 0 aliphatic carbocycles. The molecule has 0 aromatic heterocycles. The van der Waals surface area contributed by atoms with Gasteiger partial charge in [0.05, 0.1) is 24.6 Å². The average molecular weight is 346 g/mol. The summed E-state index contributed by atoms with van der Waals surface area (Å²) in [6.07, 6.45) is -3.18. The third-order valence-corrected chi connectivity index (χ3v) is 3.36. The Kier molecular flexibility index (Phi) is 5.07. The molecular formula is C14H13F3N2O5. The smallest absolute Gasteiger partial charge is 0.492 e. The lowest BCUT2D eigenvalue weighted by atomic mass is 9.99. The van der Waals surface area contributed by atoms with Crippen molar-refractivity contribution in [3.8, 4) is 5.75 Å². The summed E-state index contributed by atoms with van der Waals surface area (Å²) in [5.74, 6) is -1.98. The molecule has 0 saturated heterocycles. The van der Waals surface area contributed by atoms with E-state index in [1.165, 1.54) is 25.3 Å². The topological polar surface area (TPSA) is 81.9 Å². The van der Waals surface area contributed by atoms with Crippen molar-refractivity contribution in [2.75, 3.05) is 20.2 Å². The molecule has 0 fully saturated rings. The van der Waals surface area contributed by atoms with Crippen LogP contribution in [0.1, 0.15) is 12.0 Å². The van der Waals surface area contributed by atoms with E-state index in [0.29, 0.717) is 12.0 Å². The molecule has 0 atom stereocenters. The minimum Gasteiger partial charge on any atom is -0.496 e. The summed E-state index contributed by atoms with van der Waals surface area (Å²) < 4.78 is 41.6. The molecule has 0 saturated carbocycles. The molecule has 2 rings (SSSR count). The van der Waals surface area contributed by atoms with Crippen molar-refractivity contribution in [3.05, 3.63) is 40.0 Å². The lowest BCUT2D eigenvalue weighted by Gasteiger charge is -2.25. The van der Waals surface area contributed by atoms with Gasteiger partial charge in [-0.15, -0.1) is 5.06 Å². The second kappa shape index (κ2) is 6.87. The highest BCUT2D eigenvalue weighted by molar-refractivity contribution is 5.76. The number of nitro groups is 1. The molecule has 0 unspecified atom stereocenters. The number of nitro benzene ring substituents is 1. The Morgan fingerprint density at radius 1 is 1.38 bits per heavy atom. The van der Waals surface area contributed by atoms with E-state index in [9.17, 15) is 28.1 Å². The fourth-order valence-corrected chi connectivity index (χ4v) is 2.21. The largest absolute Gasteiger partial charge is 0.496 e. The summed E-state index contributed by atoms with van der Waals surface area (Å²) in [6.45, 7) is 0.0328. The van der Waals surface area contributed by atoms with Crippen molar-refractivity contribution in [3.63, 3.8) is 0 Å². The molecule has 0 spiro atoms. The maximum Gasteiger partial charge on any atom is 0.492 e. The molecule has 24 heavy (non-hydrogen) atoms. The zero-order valence-electron chi connectivity index (χ0n) is 12.5. The van der Waals surface area contributed by atoms with Crippen molar-refractivity contribution in [2.24, 2.45) is 0 Å². The Bertz CT molecular complexity index is 687. The molecular weight excluding hydrogens is 333 g/mol. The van der Waals surface area contributed by atoms with E-state index in [1.54, 1.807) is 6.08 Å². The number of alkyl halides is 3. The van der Waals surface area contributed by atoms with Gasteiger partial charge >= 0.3 is 12.1 Å². The van der Waals surface area contributed by atoms with Crippen LogP contribution in [0.2, 0.25) is 0 Å². The Labute approximate surface area is 134 Å². The Balaban J connectivity index is 2.13. The van der Waals surface area contributed by atoms with Crippen LogP contribution in [-0.4, -0.2) is 42.3 Å². The number of methoxy groups -OCH3 is 1. The third kappa shape index (κ3) is 4.02. The van der Waals surface area contributed by atoms with Crippen LogP contribution in [0.25, 0.3) is 5.57 Å². The van der Waals surface area contributed by atoms with E-state index < -0.39 is 17.1 Å². The standard InChI is InChI=1S/C14H13F3N2O5/c1-23-12-8-10(19(21)22)2-3-11(12)9-4-6-18(7-5-9)24-13(20)14(15,16)17/h2-4,8H,5-7H2,1H3. The molecule has 7 nitrogen and oxygen atoms in total. The fourth-order valence-electron chi connectivity index (χ4n) is 2.21. The molecule has 0 bridgehead atoms. The summed E-state index contributed by atoms with van der Waals surface area (Å²) in [7, 11) is 1.36. The van der Waals surface area contributed by atoms with Gasteiger partial charge in [0.25, 0.3) is 5.69 Å². The van der Waals surface area contributed by atoms with Crippen molar-refractivity contribution >= 4 is 17.2 Å². The Hall–Kier alpha value is -2.62. The number of nitrogens with zero attached hydrogens (tertiary/aromatic N) is 2. The van der Waals surface area contributed by atoms with Crippen molar-refractivity contribution in [2.45, 2.75) is 12.6 Å². The molecule has 1 aromatic rings. The average Bonchev–Trinajstić information content (AvgIpc) is 2.54. The second-order valence-electron chi connectivity index (χ2n) is 4.89. The minimum atomic E-state index is -5.05. The number of carbonyl (C=O) groups excluding carboxylic acids is 1. The minimum absolute atomic E-state index is 0.0305. The highest BCUT2D eigenvalue weighted by Crippen LogP contribution is 2.33. The first-order valence-electron chi connectivity index (χ1n) is 6.78. The zero-order chi connectivity index (χ0) is 17.9. The van der Waals surface area contributed by atoms with Gasteiger partial charge in [0, 0.05) is 18.2 Å². The van der Waals surface area contributed by atoms with Crippen molar-refractivity contribution < 1.29 is 32.5 Å². The van der Waals surface area contributed by atoms with Gasteiger partial charge in [-0.05, 0) is 18.1 Å². The summed E-state index contributed by atoms with van der Waals surface area (Å²) in [5, 5.41) is 11.7. The van der Waals surface area contributed by atoms with Gasteiger partial charge in [-0.2, -0.15) is 13.2 Å². The van der Waals surface area contributed by atoms with Gasteiger partial charge in [-0.1, -0.05) is 6.08 Å². The highest BCUT2D eigenvalue weighted by atomic mass is 19.4. The van der Waals surface area contributed by atoms with Gasteiger partial charge in [0.1, 0.15) is 5.75 Å². The number of hydroxylamine groups is 2. The number of rotatable bonds is 4. The predicted octanol–water partition coefficient (Wildman–Crippen LogP) is 2.71. The second-order valence-corrected chi connectivity index (χ2v) is 4.89. The zero-order valence-corrected chi connectivity index (χ0v) is 12.5. The monoisotopic (exact) mass is 346 g/mol. The van der Waals surface area contributed by atoms with Crippen LogP contribution in [0.5, 0.6) is 5.75 Å². The predicted molar refractivity (Wildman–Crippen MR) is 76.0 cm³/mol. The van der Waals surface area contributed by atoms with Gasteiger partial charge in [-0.3, -0.25) is 10.1 Å². The van der Waals surface area contributed by atoms with Crippen molar-refractivity contribution in [1.82, 2.24) is 5.06 Å². The Morgan fingerprint density at radius 3 is 2.58 bits per heavy atom. The summed E-state index contributed by atoms with van der Waals surface area (Å²) >= 11 is 0. The van der Waals surface area contributed by atoms with Gasteiger partial charge in [0.15, 0.2) is 0 Å². The number of carbonyl (C=O) groups is 1. The molecule has 0 amide bonds. The van der Waals surface area contributed by atoms with Crippen LogP contribution >= 0.6 is 0 Å². The van der Waals surface area contributed by atoms with E-state index in [2.05, 4.69) is 4.84 Å². The van der Waals surface area contributed by atoms with Crippen LogP contribution in [-0.2, 0) is 9.63 Å². The number of hydrogen-bond acceptors (Lipinski definition) is 6. The number of ether oxygens (including phenoxy) is 1. The fraction of sp³-hybridized carbons (Fsp3) is 0.357. The normalized spacial score (nSPS) is 15.6. The summed E-state index contributed by atoms with van der Waals surface area (Å²) in [4.78, 5) is 25.3. The van der Waals surface area contributed by atoms with Crippen LogP contribution in [0.3, 0.4) is 0 Å². The molecule has 0 N–H and O–H groups in total. The molecule has 0 radical (unpaired) electrons. The SMILES string of the molecule is COc1cc([N+](=O)[O-])ccc1C1=CCN(OC(=O)C(F)(F)F)CC1. The van der Waals surface area contributed by atoms with E-state index in [1.807, 2.05) is 0 Å². The van der Waals surface area contributed by atoms with E-state index in [0.717, 1.165) is 10.6 Å². The highest BCUT2D eigenvalue weighted by Gasteiger charge is 2.42. The maximum atomic E-state index is 12.2. The summed E-state index contributed by atoms with van der Waals surface area (Å²) in [6, 6.07) is 4.10. The van der Waals surface area contributed by atoms with Crippen LogP contribution in [0.4, 0.5) is 18.9 Å². The van der Waals surface area contributed by atoms with E-state index in [4.69, 9.17) is 4.74 Å².